The largest absolute Gasteiger partial charge is 0.493 e. The van der Waals surface area contributed by atoms with E-state index in [0.29, 0.717) is 23.7 Å². The number of rotatable bonds is 5. The number of hydrogen-bond donors (Lipinski definition) is 0. The van der Waals surface area contributed by atoms with E-state index in [2.05, 4.69) is 15.9 Å². The molecule has 0 radical (unpaired) electrons. The van der Waals surface area contributed by atoms with Crippen LogP contribution in [0.4, 0.5) is 5.69 Å². The molecule has 4 nitrogen and oxygen atoms in total. The van der Waals surface area contributed by atoms with Crippen molar-refractivity contribution in [2.45, 2.75) is 13.8 Å². The second-order valence-electron chi connectivity index (χ2n) is 5.10. The van der Waals surface area contributed by atoms with Crippen molar-refractivity contribution in [1.82, 2.24) is 0 Å². The van der Waals surface area contributed by atoms with Gasteiger partial charge in [-0.05, 0) is 55.8 Å². The molecule has 2 aromatic rings. The summed E-state index contributed by atoms with van der Waals surface area (Å²) < 4.78 is 11.8. The molecule has 0 aliphatic carbocycles. The summed E-state index contributed by atoms with van der Waals surface area (Å²) >= 11 is 3.47. The molecular weight excluding hydrogens is 358 g/mol. The maximum atomic E-state index is 12.7. The summed E-state index contributed by atoms with van der Waals surface area (Å²) in [5, 5.41) is 0. The van der Waals surface area contributed by atoms with Crippen molar-refractivity contribution in [3.8, 4) is 11.5 Å². The minimum Gasteiger partial charge on any atom is -0.493 e. The maximum Gasteiger partial charge on any atom is 0.258 e. The monoisotopic (exact) mass is 377 g/mol. The molecular formula is C18H20BrNO3. The Labute approximate surface area is 145 Å². The zero-order valence-electron chi connectivity index (χ0n) is 13.7. The van der Waals surface area contributed by atoms with Gasteiger partial charge in [0.1, 0.15) is 0 Å². The number of amides is 1. The molecule has 1 amide bonds. The van der Waals surface area contributed by atoms with E-state index in [1.165, 1.54) is 0 Å². The predicted molar refractivity (Wildman–Crippen MR) is 95.8 cm³/mol. The van der Waals surface area contributed by atoms with Gasteiger partial charge >= 0.3 is 0 Å². The minimum atomic E-state index is -0.102. The van der Waals surface area contributed by atoms with E-state index in [0.717, 1.165) is 15.7 Å². The minimum absolute atomic E-state index is 0.102. The first kappa shape index (κ1) is 17.3. The van der Waals surface area contributed by atoms with Crippen LogP contribution < -0.4 is 14.4 Å². The van der Waals surface area contributed by atoms with Crippen molar-refractivity contribution < 1.29 is 14.3 Å². The van der Waals surface area contributed by atoms with E-state index in [1.54, 1.807) is 37.3 Å². The van der Waals surface area contributed by atoms with Crippen LogP contribution in [-0.2, 0) is 0 Å². The summed E-state index contributed by atoms with van der Waals surface area (Å²) in [6.45, 7) is 4.40. The lowest BCUT2D eigenvalue weighted by molar-refractivity contribution is 0.0992. The first-order valence-electron chi connectivity index (χ1n) is 7.33. The number of methoxy groups -OCH3 is 1. The summed E-state index contributed by atoms with van der Waals surface area (Å²) in [6, 6.07) is 11.0. The van der Waals surface area contributed by atoms with E-state index in [9.17, 15) is 4.79 Å². The number of halogens is 1. The molecule has 0 aliphatic rings. The lowest BCUT2D eigenvalue weighted by Gasteiger charge is -2.19. The number of hydrogen-bond acceptors (Lipinski definition) is 3. The van der Waals surface area contributed by atoms with Crippen molar-refractivity contribution in [2.75, 3.05) is 25.7 Å². The number of benzene rings is 2. The number of anilines is 1. The topological polar surface area (TPSA) is 38.8 Å². The highest BCUT2D eigenvalue weighted by molar-refractivity contribution is 9.10. The molecule has 2 aromatic carbocycles. The van der Waals surface area contributed by atoms with Gasteiger partial charge in [-0.25, -0.2) is 0 Å². The lowest BCUT2D eigenvalue weighted by Crippen LogP contribution is -2.26. The fourth-order valence-corrected chi connectivity index (χ4v) is 2.47. The second kappa shape index (κ2) is 7.51. The molecule has 0 saturated heterocycles. The Balaban J connectivity index is 2.31. The average Bonchev–Trinajstić information content (AvgIpc) is 2.56. The molecule has 0 saturated carbocycles. The summed E-state index contributed by atoms with van der Waals surface area (Å²) in [4.78, 5) is 14.3. The van der Waals surface area contributed by atoms with Gasteiger partial charge in [0.25, 0.3) is 5.91 Å². The average molecular weight is 378 g/mol. The van der Waals surface area contributed by atoms with Crippen LogP contribution in [0, 0.1) is 6.92 Å². The third kappa shape index (κ3) is 3.85. The summed E-state index contributed by atoms with van der Waals surface area (Å²) in [6.07, 6.45) is 0. The molecule has 0 bridgehead atoms. The Hall–Kier alpha value is -2.01. The molecule has 0 atom stereocenters. The first-order chi connectivity index (χ1) is 11.0. The van der Waals surface area contributed by atoms with Crippen molar-refractivity contribution in [3.05, 3.63) is 52.0 Å². The van der Waals surface area contributed by atoms with Crippen molar-refractivity contribution >= 4 is 27.5 Å². The number of ether oxygens (including phenoxy) is 2. The van der Waals surface area contributed by atoms with Gasteiger partial charge in [0.05, 0.1) is 13.7 Å². The van der Waals surface area contributed by atoms with Gasteiger partial charge in [-0.15, -0.1) is 0 Å². The van der Waals surface area contributed by atoms with E-state index in [-0.39, 0.29) is 5.91 Å². The smallest absolute Gasteiger partial charge is 0.258 e. The van der Waals surface area contributed by atoms with Crippen LogP contribution in [0.1, 0.15) is 22.8 Å². The van der Waals surface area contributed by atoms with Crippen LogP contribution in [0.2, 0.25) is 0 Å². The first-order valence-corrected chi connectivity index (χ1v) is 8.12. The van der Waals surface area contributed by atoms with Crippen LogP contribution in [0.3, 0.4) is 0 Å². The van der Waals surface area contributed by atoms with Crippen LogP contribution in [-0.4, -0.2) is 26.7 Å². The fraction of sp³-hybridized carbons (Fsp3) is 0.278. The zero-order valence-corrected chi connectivity index (χ0v) is 15.3. The highest BCUT2D eigenvalue weighted by atomic mass is 79.9. The maximum absolute atomic E-state index is 12.7. The zero-order chi connectivity index (χ0) is 17.0. The third-order valence-corrected chi connectivity index (χ3v) is 4.43. The Morgan fingerprint density at radius 1 is 1.17 bits per heavy atom. The summed E-state index contributed by atoms with van der Waals surface area (Å²) in [5.41, 5.74) is 2.47. The van der Waals surface area contributed by atoms with Gasteiger partial charge in [0.2, 0.25) is 0 Å². The SMILES string of the molecule is CCOc1cc(C(=O)N(C)c2ccc(Br)c(C)c2)ccc1OC. The van der Waals surface area contributed by atoms with Crippen molar-refractivity contribution in [1.29, 1.82) is 0 Å². The quantitative estimate of drug-likeness (QED) is 0.772. The van der Waals surface area contributed by atoms with E-state index in [1.807, 2.05) is 32.0 Å². The summed E-state index contributed by atoms with van der Waals surface area (Å²) in [7, 11) is 3.34. The highest BCUT2D eigenvalue weighted by Gasteiger charge is 2.16. The molecule has 0 spiro atoms. The van der Waals surface area contributed by atoms with Gasteiger partial charge < -0.3 is 14.4 Å². The standard InChI is InChI=1S/C18H20BrNO3/c1-5-23-17-11-13(6-9-16(17)22-4)18(21)20(3)14-7-8-15(19)12(2)10-14/h6-11H,5H2,1-4H3. The Kier molecular flexibility index (Phi) is 5.66. The van der Waals surface area contributed by atoms with E-state index >= 15 is 0 Å². The molecule has 0 fully saturated rings. The van der Waals surface area contributed by atoms with Gasteiger partial charge in [-0.3, -0.25) is 4.79 Å². The van der Waals surface area contributed by atoms with Crippen LogP contribution in [0.5, 0.6) is 11.5 Å². The van der Waals surface area contributed by atoms with E-state index in [4.69, 9.17) is 9.47 Å². The lowest BCUT2D eigenvalue weighted by atomic mass is 10.1. The van der Waals surface area contributed by atoms with Crippen molar-refractivity contribution in [3.63, 3.8) is 0 Å². The molecule has 0 aliphatic heterocycles. The molecule has 23 heavy (non-hydrogen) atoms. The Bertz CT molecular complexity index is 715. The number of nitrogens with zero attached hydrogens (tertiary/aromatic N) is 1. The fourth-order valence-electron chi connectivity index (χ4n) is 2.23. The molecule has 5 heteroatoms. The molecule has 0 heterocycles. The normalized spacial score (nSPS) is 10.3. The van der Waals surface area contributed by atoms with E-state index < -0.39 is 0 Å². The number of aryl methyl sites for hydroxylation is 1. The summed E-state index contributed by atoms with van der Waals surface area (Å²) in [5.74, 6) is 1.09. The van der Waals surface area contributed by atoms with Gasteiger partial charge in [0, 0.05) is 22.8 Å². The van der Waals surface area contributed by atoms with Crippen LogP contribution in [0.15, 0.2) is 40.9 Å². The predicted octanol–water partition coefficient (Wildman–Crippen LogP) is 4.44. The van der Waals surface area contributed by atoms with Crippen LogP contribution in [0.25, 0.3) is 0 Å². The Morgan fingerprint density at radius 3 is 2.52 bits per heavy atom. The van der Waals surface area contributed by atoms with Crippen LogP contribution >= 0.6 is 15.9 Å². The molecule has 0 aromatic heterocycles. The third-order valence-electron chi connectivity index (χ3n) is 3.54. The number of carbonyl (C=O) groups is 1. The second-order valence-corrected chi connectivity index (χ2v) is 5.95. The molecule has 2 rings (SSSR count). The molecule has 0 unspecified atom stereocenters. The van der Waals surface area contributed by atoms with Gasteiger partial charge in [0.15, 0.2) is 11.5 Å². The Morgan fingerprint density at radius 2 is 1.91 bits per heavy atom. The van der Waals surface area contributed by atoms with Crippen molar-refractivity contribution in [2.24, 2.45) is 0 Å². The van der Waals surface area contributed by atoms with Gasteiger partial charge in [-0.1, -0.05) is 15.9 Å². The molecule has 0 N–H and O–H groups in total. The number of carbonyl (C=O) groups excluding carboxylic acids is 1. The van der Waals surface area contributed by atoms with Gasteiger partial charge in [-0.2, -0.15) is 0 Å². The molecule has 122 valence electrons. The highest BCUT2D eigenvalue weighted by Crippen LogP contribution is 2.29.